The Morgan fingerprint density at radius 2 is 0.927 bits per heavy atom. The summed E-state index contributed by atoms with van der Waals surface area (Å²) < 4.78 is 32.0. The molecule has 9 heteroatoms. The van der Waals surface area contributed by atoms with E-state index in [0.717, 1.165) is 90.6 Å². The first-order valence-electron chi connectivity index (χ1n) is 21.6. The number of esters is 2. The van der Waals surface area contributed by atoms with E-state index in [4.69, 9.17) is 14.0 Å². The molecule has 2 unspecified atom stereocenters. The Bertz CT molecular complexity index is 1120. The Morgan fingerprint density at radius 1 is 0.527 bits per heavy atom. The van der Waals surface area contributed by atoms with Crippen molar-refractivity contribution in [3.63, 3.8) is 0 Å². The molecule has 0 fully saturated rings. The molecule has 0 amide bonds. The summed E-state index contributed by atoms with van der Waals surface area (Å²) in [7, 11) is -3.22. The van der Waals surface area contributed by atoms with Gasteiger partial charge in [-0.3, -0.25) is 18.6 Å². The van der Waals surface area contributed by atoms with E-state index < -0.39 is 26.5 Å². The molecule has 0 radical (unpaired) electrons. The molecule has 0 saturated carbocycles. The predicted octanol–water partition coefficient (Wildman–Crippen LogP) is 13.7. The van der Waals surface area contributed by atoms with Gasteiger partial charge < -0.3 is 14.4 Å². The smallest absolute Gasteiger partial charge is 0.462 e. The monoisotopic (exact) mass is 791 g/mol. The molecule has 0 bridgehead atoms. The van der Waals surface area contributed by atoms with Crippen molar-refractivity contribution in [3.8, 4) is 0 Å². The lowest BCUT2D eigenvalue weighted by Crippen LogP contribution is -2.29. The number of carbonyl (C=O) groups excluding carboxylic acids is 2. The van der Waals surface area contributed by atoms with Crippen LogP contribution in [0.25, 0.3) is 0 Å². The van der Waals surface area contributed by atoms with Gasteiger partial charge in [0.2, 0.25) is 0 Å². The summed E-state index contributed by atoms with van der Waals surface area (Å²) in [4.78, 5) is 34.5. The van der Waals surface area contributed by atoms with Crippen molar-refractivity contribution in [1.82, 2.24) is 0 Å². The fourth-order valence-corrected chi connectivity index (χ4v) is 6.08. The van der Waals surface area contributed by atoms with Gasteiger partial charge in [0.25, 0.3) is 0 Å². The molecule has 0 aromatic carbocycles. The predicted molar refractivity (Wildman–Crippen MR) is 230 cm³/mol. The lowest BCUT2D eigenvalue weighted by molar-refractivity contribution is -0.161. The van der Waals surface area contributed by atoms with E-state index in [0.29, 0.717) is 6.42 Å². The minimum atomic E-state index is -4.28. The molecule has 8 nitrogen and oxygen atoms in total. The van der Waals surface area contributed by atoms with E-state index in [1.54, 1.807) is 0 Å². The van der Waals surface area contributed by atoms with Gasteiger partial charge in [0.1, 0.15) is 6.61 Å². The number of hydrogen-bond acceptors (Lipinski definition) is 7. The third-order valence-electron chi connectivity index (χ3n) is 8.93. The standard InChI is InChI=1S/C46H79O8P/c1-4-6-8-10-12-14-16-18-20-22-23-25-27-29-31-33-35-37-39-41-46(48)54-44(43-53-55(49,50)51-3)42-52-45(47)40-38-36-34-32-30-28-26-24-21-19-17-15-13-11-9-7-5-2/h6,8,12,14,18-21,23,25,29,31,44H,4-5,7,9-11,13,15-17,22,24,26-28,30,32-43H2,1-3H3,(H,49,50)/b8-6-,14-12-,20-18-,21-19-,25-23-,31-29-. The number of phosphoric acid groups is 1. The Labute approximate surface area is 336 Å². The van der Waals surface area contributed by atoms with Gasteiger partial charge in [-0.2, -0.15) is 0 Å². The zero-order chi connectivity index (χ0) is 40.3. The maximum absolute atomic E-state index is 12.5. The number of hydrogen-bond donors (Lipinski definition) is 1. The van der Waals surface area contributed by atoms with E-state index in [9.17, 15) is 19.0 Å². The van der Waals surface area contributed by atoms with Crippen LogP contribution in [0.1, 0.15) is 181 Å². The molecule has 0 aliphatic heterocycles. The second-order valence-electron chi connectivity index (χ2n) is 14.1. The quantitative estimate of drug-likeness (QED) is 0.0284. The lowest BCUT2D eigenvalue weighted by atomic mass is 10.1. The molecule has 1 N–H and O–H groups in total. The summed E-state index contributed by atoms with van der Waals surface area (Å²) in [5, 5.41) is 0. The normalized spacial score (nSPS) is 14.0. The van der Waals surface area contributed by atoms with Crippen LogP contribution in [0.3, 0.4) is 0 Å². The van der Waals surface area contributed by atoms with Crippen molar-refractivity contribution in [3.05, 3.63) is 72.9 Å². The summed E-state index contributed by atoms with van der Waals surface area (Å²) in [6.07, 6.45) is 52.4. The highest BCUT2D eigenvalue weighted by molar-refractivity contribution is 7.47. The van der Waals surface area contributed by atoms with Gasteiger partial charge in [-0.25, -0.2) is 4.57 Å². The SMILES string of the molecule is CC/C=C\C/C=C\C/C=C\C/C=C\C/C=C\CCCCCC(=O)OC(COC(=O)CCCCCCCCC/C=C\CCCCCCCC)COP(=O)(O)OC. The van der Waals surface area contributed by atoms with Gasteiger partial charge in [0.05, 0.1) is 6.61 Å². The minimum Gasteiger partial charge on any atom is -0.462 e. The van der Waals surface area contributed by atoms with Crippen LogP contribution in [0.15, 0.2) is 72.9 Å². The molecule has 0 heterocycles. The second-order valence-corrected chi connectivity index (χ2v) is 15.7. The number of phosphoric ester groups is 1. The zero-order valence-electron chi connectivity index (χ0n) is 35.1. The molecule has 316 valence electrons. The summed E-state index contributed by atoms with van der Waals surface area (Å²) >= 11 is 0. The fourth-order valence-electron chi connectivity index (χ4n) is 5.62. The van der Waals surface area contributed by atoms with E-state index in [2.05, 4.69) is 91.3 Å². The molecule has 55 heavy (non-hydrogen) atoms. The van der Waals surface area contributed by atoms with Gasteiger partial charge in [0.15, 0.2) is 6.10 Å². The van der Waals surface area contributed by atoms with Crippen LogP contribution in [-0.2, 0) is 32.7 Å². The summed E-state index contributed by atoms with van der Waals surface area (Å²) in [6.45, 7) is 3.74. The van der Waals surface area contributed by atoms with Gasteiger partial charge in [-0.05, 0) is 83.5 Å². The zero-order valence-corrected chi connectivity index (χ0v) is 36.0. The van der Waals surface area contributed by atoms with Crippen molar-refractivity contribution in [2.24, 2.45) is 0 Å². The molecule has 0 aromatic heterocycles. The van der Waals surface area contributed by atoms with Crippen LogP contribution >= 0.6 is 7.82 Å². The molecular weight excluding hydrogens is 711 g/mol. The lowest BCUT2D eigenvalue weighted by Gasteiger charge is -2.19. The van der Waals surface area contributed by atoms with Crippen molar-refractivity contribution < 1.29 is 37.6 Å². The average Bonchev–Trinajstić information content (AvgIpc) is 3.18. The molecular formula is C46H79O8P. The fraction of sp³-hybridized carbons (Fsp3) is 0.696. The molecule has 0 spiro atoms. The summed E-state index contributed by atoms with van der Waals surface area (Å²) in [6, 6.07) is 0. The van der Waals surface area contributed by atoms with Gasteiger partial charge in [-0.15, -0.1) is 0 Å². The van der Waals surface area contributed by atoms with E-state index in [1.165, 1.54) is 64.2 Å². The summed E-state index contributed by atoms with van der Waals surface area (Å²) in [5.41, 5.74) is 0. The maximum atomic E-state index is 12.5. The molecule has 0 rings (SSSR count). The first-order chi connectivity index (χ1) is 26.8. The average molecular weight is 791 g/mol. The largest absolute Gasteiger partial charge is 0.472 e. The van der Waals surface area contributed by atoms with Crippen LogP contribution in [-0.4, -0.2) is 43.3 Å². The van der Waals surface area contributed by atoms with Crippen LogP contribution < -0.4 is 0 Å². The van der Waals surface area contributed by atoms with Gasteiger partial charge in [0, 0.05) is 20.0 Å². The number of allylic oxidation sites excluding steroid dienone is 12. The van der Waals surface area contributed by atoms with Crippen molar-refractivity contribution in [1.29, 1.82) is 0 Å². The molecule has 2 atom stereocenters. The van der Waals surface area contributed by atoms with E-state index in [-0.39, 0.29) is 25.4 Å². The van der Waals surface area contributed by atoms with Crippen LogP contribution in [0.2, 0.25) is 0 Å². The summed E-state index contributed by atoms with van der Waals surface area (Å²) in [5.74, 6) is -0.850. The number of carbonyl (C=O) groups is 2. The molecule has 0 aromatic rings. The van der Waals surface area contributed by atoms with Gasteiger partial charge >= 0.3 is 19.8 Å². The topological polar surface area (TPSA) is 108 Å². The van der Waals surface area contributed by atoms with E-state index in [1.807, 2.05) is 0 Å². The number of unbranched alkanes of at least 4 members (excludes halogenated alkanes) is 16. The first kappa shape index (κ1) is 52.5. The Balaban J connectivity index is 4.09. The highest BCUT2D eigenvalue weighted by Gasteiger charge is 2.24. The Morgan fingerprint density at radius 3 is 1.42 bits per heavy atom. The highest BCUT2D eigenvalue weighted by atomic mass is 31.2. The third-order valence-corrected chi connectivity index (χ3v) is 9.87. The highest BCUT2D eigenvalue weighted by Crippen LogP contribution is 2.42. The maximum Gasteiger partial charge on any atom is 0.472 e. The van der Waals surface area contributed by atoms with Crippen LogP contribution in [0.5, 0.6) is 0 Å². The molecule has 0 aliphatic carbocycles. The third kappa shape index (κ3) is 41.0. The van der Waals surface area contributed by atoms with Crippen LogP contribution in [0.4, 0.5) is 0 Å². The Hall–Kier alpha value is -2.51. The van der Waals surface area contributed by atoms with Gasteiger partial charge in [-0.1, -0.05) is 157 Å². The second kappa shape index (κ2) is 41.1. The number of ether oxygens (including phenoxy) is 2. The van der Waals surface area contributed by atoms with Crippen molar-refractivity contribution in [2.45, 2.75) is 187 Å². The first-order valence-corrected chi connectivity index (χ1v) is 23.1. The van der Waals surface area contributed by atoms with Crippen molar-refractivity contribution in [2.75, 3.05) is 20.3 Å². The molecule has 0 aliphatic rings. The number of rotatable bonds is 39. The van der Waals surface area contributed by atoms with E-state index >= 15 is 0 Å². The van der Waals surface area contributed by atoms with Crippen LogP contribution in [0, 0.1) is 0 Å². The Kier molecular flexibility index (Phi) is 39.3. The molecule has 0 saturated heterocycles. The van der Waals surface area contributed by atoms with Crippen molar-refractivity contribution >= 4 is 19.8 Å². The minimum absolute atomic E-state index is 0.202.